The number of ether oxygens (including phenoxy) is 1. The molecule has 0 saturated carbocycles. The van der Waals surface area contributed by atoms with E-state index in [0.717, 1.165) is 55.5 Å². The summed E-state index contributed by atoms with van der Waals surface area (Å²) >= 11 is 0. The lowest BCUT2D eigenvalue weighted by Gasteiger charge is -2.18. The Kier molecular flexibility index (Phi) is 11.3. The van der Waals surface area contributed by atoms with E-state index >= 15 is 0 Å². The normalized spacial score (nSPS) is 19.7. The lowest BCUT2D eigenvalue weighted by Crippen LogP contribution is -2.33. The van der Waals surface area contributed by atoms with E-state index in [1.165, 1.54) is 0 Å². The molecule has 0 aromatic heterocycles. The summed E-state index contributed by atoms with van der Waals surface area (Å²) in [5.74, 6) is 7.24. The van der Waals surface area contributed by atoms with Crippen LogP contribution in [0.2, 0.25) is 0 Å². The van der Waals surface area contributed by atoms with Gasteiger partial charge in [0.25, 0.3) is 0 Å². The van der Waals surface area contributed by atoms with Crippen LogP contribution in [0.4, 0.5) is 0 Å². The van der Waals surface area contributed by atoms with Crippen LogP contribution in [-0.2, 0) is 9.57 Å². The number of unbranched alkanes of at least 4 members (excludes halogenated alkanes) is 1. The zero-order valence-electron chi connectivity index (χ0n) is 19.6. The zero-order chi connectivity index (χ0) is 23.3. The summed E-state index contributed by atoms with van der Waals surface area (Å²) in [7, 11) is 4.80. The lowest BCUT2D eigenvalue weighted by atomic mass is 10.0. The first-order valence-corrected chi connectivity index (χ1v) is 12.0. The van der Waals surface area contributed by atoms with E-state index in [9.17, 15) is 0 Å². The number of oxime groups is 1. The van der Waals surface area contributed by atoms with Crippen molar-refractivity contribution in [2.75, 3.05) is 20.2 Å². The first kappa shape index (κ1) is 25.9. The first-order valence-electron chi connectivity index (χ1n) is 11.3. The molecule has 1 N–H and O–H groups in total. The highest BCUT2D eigenvalue weighted by Gasteiger charge is 2.27. The van der Waals surface area contributed by atoms with Crippen LogP contribution in [-0.4, -0.2) is 48.4 Å². The minimum atomic E-state index is 0.00871. The highest BCUT2D eigenvalue weighted by Crippen LogP contribution is 2.25. The van der Waals surface area contributed by atoms with Gasteiger partial charge in [0.05, 0.1) is 18.4 Å². The minimum Gasteiger partial charge on any atom is -0.485 e. The molecule has 1 saturated heterocycles. The molecule has 0 spiro atoms. The van der Waals surface area contributed by atoms with E-state index in [2.05, 4.69) is 56.4 Å². The largest absolute Gasteiger partial charge is 0.485 e. The van der Waals surface area contributed by atoms with Crippen LogP contribution < -0.4 is 0 Å². The van der Waals surface area contributed by atoms with Gasteiger partial charge in [0.15, 0.2) is 5.76 Å². The Morgan fingerprint density at radius 2 is 2.31 bits per heavy atom. The Bertz CT molecular complexity index is 898. The summed E-state index contributed by atoms with van der Waals surface area (Å²) < 4.78 is 6.04. The fourth-order valence-corrected chi connectivity index (χ4v) is 3.69. The van der Waals surface area contributed by atoms with Gasteiger partial charge >= 0.3 is 0 Å². The van der Waals surface area contributed by atoms with Crippen LogP contribution >= 0.6 is 9.24 Å². The zero-order valence-corrected chi connectivity index (χ0v) is 20.8. The third-order valence-corrected chi connectivity index (χ3v) is 6.06. The molecule has 0 aromatic rings. The van der Waals surface area contributed by atoms with Crippen molar-refractivity contribution < 1.29 is 9.57 Å². The van der Waals surface area contributed by atoms with Crippen molar-refractivity contribution in [3.05, 3.63) is 53.5 Å². The molecule has 0 bridgehead atoms. The van der Waals surface area contributed by atoms with Gasteiger partial charge < -0.3 is 9.57 Å². The topological polar surface area (TPSA) is 57.9 Å². The molecule has 1 aliphatic heterocycles. The van der Waals surface area contributed by atoms with Gasteiger partial charge in [0, 0.05) is 17.7 Å². The molecular formula is C26H36N3O2P. The Morgan fingerprint density at radius 3 is 3.00 bits per heavy atom. The number of hydrogen-bond acceptors (Lipinski definition) is 5. The maximum Gasteiger partial charge on any atom is 0.234 e. The molecule has 5 nitrogen and oxygen atoms in total. The highest BCUT2D eigenvalue weighted by atomic mass is 31.0. The Hall–Kier alpha value is -2.37. The van der Waals surface area contributed by atoms with E-state index in [1.54, 1.807) is 0 Å². The number of allylic oxidation sites excluding steroid dienone is 6. The number of nitrogens with zero attached hydrogens (tertiary/aromatic N) is 2. The van der Waals surface area contributed by atoms with Gasteiger partial charge in [-0.25, -0.2) is 0 Å². The second-order valence-corrected chi connectivity index (χ2v) is 8.66. The fourth-order valence-electron chi connectivity index (χ4n) is 3.45. The number of hydrogen-bond donors (Lipinski definition) is 1. The van der Waals surface area contributed by atoms with Gasteiger partial charge in [0.1, 0.15) is 0 Å². The van der Waals surface area contributed by atoms with Crippen molar-refractivity contribution in [2.45, 2.75) is 64.1 Å². The van der Waals surface area contributed by atoms with E-state index in [-0.39, 0.29) is 17.6 Å². The van der Waals surface area contributed by atoms with Gasteiger partial charge in [-0.05, 0) is 82.3 Å². The number of nitrogens with one attached hydrogen (secondary N) is 1. The molecule has 0 radical (unpaired) electrons. The van der Waals surface area contributed by atoms with Crippen molar-refractivity contribution in [1.82, 2.24) is 4.90 Å². The van der Waals surface area contributed by atoms with Gasteiger partial charge in [0.2, 0.25) is 5.90 Å². The maximum absolute atomic E-state index is 8.21. The second-order valence-electron chi connectivity index (χ2n) is 7.94. The Balaban J connectivity index is 2.09. The molecule has 2 unspecified atom stereocenters. The second kappa shape index (κ2) is 13.9. The molecule has 0 amide bonds. The van der Waals surface area contributed by atoms with E-state index in [4.69, 9.17) is 15.0 Å². The van der Waals surface area contributed by atoms with Crippen molar-refractivity contribution >= 4 is 20.8 Å². The summed E-state index contributed by atoms with van der Waals surface area (Å²) in [6, 6.07) is 0.00871. The average molecular weight is 454 g/mol. The van der Waals surface area contributed by atoms with Crippen LogP contribution in [0, 0.1) is 17.3 Å². The van der Waals surface area contributed by atoms with Crippen LogP contribution in [0.1, 0.15) is 52.4 Å². The molecule has 3 atom stereocenters. The molecule has 0 aromatic carbocycles. The maximum atomic E-state index is 8.21. The summed E-state index contributed by atoms with van der Waals surface area (Å²) in [5.41, 5.74) is 5.82. The Labute approximate surface area is 195 Å². The Morgan fingerprint density at radius 1 is 1.50 bits per heavy atom. The van der Waals surface area contributed by atoms with Crippen molar-refractivity contribution in [3.8, 4) is 11.8 Å². The van der Waals surface area contributed by atoms with Gasteiger partial charge in [-0.3, -0.25) is 10.3 Å². The fraction of sp³-hybridized carbons (Fsp3) is 0.500. The van der Waals surface area contributed by atoms with Crippen molar-refractivity contribution in [3.63, 3.8) is 0 Å². The predicted molar refractivity (Wildman–Crippen MR) is 137 cm³/mol. The lowest BCUT2D eigenvalue weighted by molar-refractivity contribution is 0.222. The van der Waals surface area contributed by atoms with Crippen molar-refractivity contribution in [2.24, 2.45) is 5.16 Å². The van der Waals surface area contributed by atoms with Gasteiger partial charge in [-0.15, -0.1) is 21.5 Å². The van der Waals surface area contributed by atoms with Crippen molar-refractivity contribution in [1.29, 1.82) is 5.41 Å². The quantitative estimate of drug-likeness (QED) is 0.0667. The van der Waals surface area contributed by atoms with E-state index in [0.29, 0.717) is 18.8 Å². The van der Waals surface area contributed by atoms with Gasteiger partial charge in [-0.2, -0.15) is 0 Å². The molecule has 6 heteroatoms. The third kappa shape index (κ3) is 7.95. The standard InChI is InChI=1S/C26H36N3O2P/c1-5-7-8-9-10-11-18-30-24-16-12-14-21(19-22(24)25(32)6-2)20(3)28-31-26(27)23-15-13-17-29(23)4/h6-7,9,19,23,25,27H,2,5,10-11,13-15,17-18,32H2,1,3-4H3/b27-26?,28-20+/t8?,23-,25?/m0/s1. The molecule has 2 rings (SSSR count). The minimum absolute atomic E-state index is 0.00871. The summed E-state index contributed by atoms with van der Waals surface area (Å²) in [5, 5.41) is 12.5. The van der Waals surface area contributed by atoms with Crippen LogP contribution in [0.3, 0.4) is 0 Å². The molecule has 32 heavy (non-hydrogen) atoms. The third-order valence-electron chi connectivity index (χ3n) is 5.43. The van der Waals surface area contributed by atoms with E-state index < -0.39 is 0 Å². The summed E-state index contributed by atoms with van der Waals surface area (Å²) in [4.78, 5) is 7.61. The molecule has 172 valence electrons. The van der Waals surface area contributed by atoms with E-state index in [1.807, 2.05) is 32.2 Å². The first-order chi connectivity index (χ1) is 15.5. The highest BCUT2D eigenvalue weighted by molar-refractivity contribution is 7.18. The smallest absolute Gasteiger partial charge is 0.234 e. The summed E-state index contributed by atoms with van der Waals surface area (Å²) in [6.07, 6.45) is 13.4. The molecule has 1 fully saturated rings. The molecule has 1 aliphatic carbocycles. The molecule has 2 aliphatic rings. The number of likely N-dealkylation sites (N-methyl/N-ethyl adjacent to an activating group) is 1. The molecular weight excluding hydrogens is 417 g/mol. The number of likely N-dealkylation sites (tertiary alicyclic amines) is 1. The number of rotatable bonds is 11. The summed E-state index contributed by atoms with van der Waals surface area (Å²) in [6.45, 7) is 9.50. The SMILES string of the molecule is C=CC(P)C1=C(OCCCC=C=CCC)C#CCC(/C(C)=N/OC(=N)[C@@H]2CCCN2C)=C1. The monoisotopic (exact) mass is 453 g/mol. The van der Waals surface area contributed by atoms with Crippen LogP contribution in [0.5, 0.6) is 0 Å². The predicted octanol–water partition coefficient (Wildman–Crippen LogP) is 5.39. The molecule has 1 heterocycles. The van der Waals surface area contributed by atoms with Gasteiger partial charge in [-0.1, -0.05) is 24.1 Å². The van der Waals surface area contributed by atoms with Crippen LogP contribution in [0.15, 0.2) is 58.7 Å². The average Bonchev–Trinajstić information content (AvgIpc) is 3.11. The van der Waals surface area contributed by atoms with Crippen LogP contribution in [0.25, 0.3) is 0 Å².